The molecule has 0 aromatic heterocycles. The van der Waals surface area contributed by atoms with Crippen molar-refractivity contribution in [2.24, 2.45) is 0 Å². The minimum absolute atomic E-state index is 0.239. The monoisotopic (exact) mass is 245 g/mol. The third-order valence-electron chi connectivity index (χ3n) is 3.90. The molecule has 0 unspecified atom stereocenters. The van der Waals surface area contributed by atoms with Gasteiger partial charge in [-0.05, 0) is 30.9 Å². The maximum Gasteiger partial charge on any atom is 0.242 e. The molecule has 0 aliphatic carbocycles. The third kappa shape index (κ3) is 1.92. The highest BCUT2D eigenvalue weighted by atomic mass is 16.2. The van der Waals surface area contributed by atoms with Crippen LogP contribution in [-0.2, 0) is 11.2 Å². The predicted octanol–water partition coefficient (Wildman–Crippen LogP) is 1.25. The molecule has 2 N–H and O–H groups in total. The van der Waals surface area contributed by atoms with Gasteiger partial charge in [-0.1, -0.05) is 12.1 Å². The Labute approximate surface area is 107 Å². The van der Waals surface area contributed by atoms with E-state index < -0.39 is 0 Å². The first-order valence-electron chi connectivity index (χ1n) is 6.66. The zero-order valence-corrected chi connectivity index (χ0v) is 10.6. The molecule has 2 heterocycles. The highest BCUT2D eigenvalue weighted by Gasteiger charge is 2.26. The van der Waals surface area contributed by atoms with Crippen LogP contribution in [0.1, 0.15) is 18.4 Å². The molecule has 1 saturated heterocycles. The molecule has 0 atom stereocenters. The van der Waals surface area contributed by atoms with E-state index in [2.05, 4.69) is 11.0 Å². The van der Waals surface area contributed by atoms with Gasteiger partial charge >= 0.3 is 0 Å². The van der Waals surface area contributed by atoms with Crippen LogP contribution < -0.4 is 10.6 Å². The van der Waals surface area contributed by atoms with Crippen molar-refractivity contribution in [1.29, 1.82) is 0 Å². The van der Waals surface area contributed by atoms with Crippen LogP contribution in [0.15, 0.2) is 18.2 Å². The summed E-state index contributed by atoms with van der Waals surface area (Å²) >= 11 is 0. The first-order valence-corrected chi connectivity index (χ1v) is 6.66. The number of hydrogen-bond acceptors (Lipinski definition) is 3. The number of rotatable bonds is 2. The van der Waals surface area contributed by atoms with E-state index >= 15 is 0 Å². The maximum atomic E-state index is 12.2. The highest BCUT2D eigenvalue weighted by molar-refractivity contribution is 5.85. The number of carbonyl (C=O) groups excluding carboxylic acids is 1. The van der Waals surface area contributed by atoms with Gasteiger partial charge in [0.15, 0.2) is 0 Å². The van der Waals surface area contributed by atoms with E-state index in [1.54, 1.807) is 0 Å². The van der Waals surface area contributed by atoms with E-state index in [1.807, 2.05) is 17.0 Å². The second-order valence-electron chi connectivity index (χ2n) is 5.11. The van der Waals surface area contributed by atoms with E-state index in [9.17, 15) is 4.79 Å². The minimum atomic E-state index is 0.239. The number of nitrogens with two attached hydrogens (primary N) is 1. The van der Waals surface area contributed by atoms with Crippen LogP contribution in [0.25, 0.3) is 0 Å². The van der Waals surface area contributed by atoms with Crippen LogP contribution in [0.2, 0.25) is 0 Å². The van der Waals surface area contributed by atoms with Crippen LogP contribution in [0, 0.1) is 0 Å². The van der Waals surface area contributed by atoms with Crippen molar-refractivity contribution in [3.8, 4) is 0 Å². The van der Waals surface area contributed by atoms with Gasteiger partial charge in [-0.15, -0.1) is 0 Å². The summed E-state index contributed by atoms with van der Waals surface area (Å²) in [6, 6.07) is 6.00. The van der Waals surface area contributed by atoms with Crippen molar-refractivity contribution in [3.63, 3.8) is 0 Å². The number of benzene rings is 1. The Morgan fingerprint density at radius 3 is 2.78 bits per heavy atom. The van der Waals surface area contributed by atoms with Crippen molar-refractivity contribution in [3.05, 3.63) is 23.8 Å². The number of carbonyl (C=O) groups is 1. The molecule has 2 aliphatic heterocycles. The first kappa shape index (κ1) is 11.4. The molecule has 1 amide bonds. The molecular formula is C14H19N3O. The number of amides is 1. The standard InChI is InChI=1S/C14H19N3O/c15-12-5-3-4-11-6-9-17(14(11)12)10-13(18)16-7-1-2-8-16/h3-5H,1-2,6-10,15H2. The maximum absolute atomic E-state index is 12.2. The summed E-state index contributed by atoms with van der Waals surface area (Å²) in [5.41, 5.74) is 9.16. The lowest BCUT2D eigenvalue weighted by molar-refractivity contribution is -0.128. The molecular weight excluding hydrogens is 226 g/mol. The average molecular weight is 245 g/mol. The number of nitrogens with zero attached hydrogens (tertiary/aromatic N) is 2. The summed E-state index contributed by atoms with van der Waals surface area (Å²) in [6.07, 6.45) is 3.28. The van der Waals surface area contributed by atoms with E-state index in [0.29, 0.717) is 6.54 Å². The van der Waals surface area contributed by atoms with E-state index in [4.69, 9.17) is 5.73 Å². The van der Waals surface area contributed by atoms with Crippen LogP contribution in [0.3, 0.4) is 0 Å². The summed E-state index contributed by atoms with van der Waals surface area (Å²) in [7, 11) is 0. The van der Waals surface area contributed by atoms with Gasteiger partial charge in [0, 0.05) is 19.6 Å². The largest absolute Gasteiger partial charge is 0.397 e. The number of likely N-dealkylation sites (tertiary alicyclic amines) is 1. The Hall–Kier alpha value is -1.71. The zero-order valence-electron chi connectivity index (χ0n) is 10.6. The van der Waals surface area contributed by atoms with Gasteiger partial charge in [-0.2, -0.15) is 0 Å². The highest BCUT2D eigenvalue weighted by Crippen LogP contribution is 2.33. The lowest BCUT2D eigenvalue weighted by atomic mass is 10.1. The predicted molar refractivity (Wildman–Crippen MR) is 72.6 cm³/mol. The molecule has 1 aromatic carbocycles. The van der Waals surface area contributed by atoms with E-state index in [1.165, 1.54) is 5.56 Å². The van der Waals surface area contributed by atoms with Crippen molar-refractivity contribution in [1.82, 2.24) is 4.90 Å². The van der Waals surface area contributed by atoms with E-state index in [0.717, 1.165) is 50.3 Å². The average Bonchev–Trinajstić information content (AvgIpc) is 2.99. The van der Waals surface area contributed by atoms with Gasteiger partial charge in [-0.25, -0.2) is 0 Å². The van der Waals surface area contributed by atoms with Crippen LogP contribution in [-0.4, -0.2) is 37.0 Å². The number of anilines is 2. The first-order chi connectivity index (χ1) is 8.75. The summed E-state index contributed by atoms with van der Waals surface area (Å²) in [4.78, 5) is 16.3. The second-order valence-corrected chi connectivity index (χ2v) is 5.11. The number of para-hydroxylation sites is 1. The fourth-order valence-electron chi connectivity index (χ4n) is 2.95. The summed E-state index contributed by atoms with van der Waals surface area (Å²) in [5.74, 6) is 0.239. The number of nitrogen functional groups attached to an aromatic ring is 1. The Bertz CT molecular complexity index is 466. The van der Waals surface area contributed by atoms with Gasteiger partial charge in [0.2, 0.25) is 5.91 Å². The quantitative estimate of drug-likeness (QED) is 0.798. The summed E-state index contributed by atoms with van der Waals surface area (Å²) in [6.45, 7) is 3.22. The Morgan fingerprint density at radius 1 is 1.22 bits per heavy atom. The normalized spacial score (nSPS) is 18.2. The van der Waals surface area contributed by atoms with Crippen LogP contribution in [0.4, 0.5) is 11.4 Å². The Morgan fingerprint density at radius 2 is 2.00 bits per heavy atom. The van der Waals surface area contributed by atoms with Crippen molar-refractivity contribution < 1.29 is 4.79 Å². The van der Waals surface area contributed by atoms with Gasteiger partial charge < -0.3 is 15.5 Å². The van der Waals surface area contributed by atoms with Crippen LogP contribution in [0.5, 0.6) is 0 Å². The molecule has 2 aliphatic rings. The smallest absolute Gasteiger partial charge is 0.242 e. The lowest BCUT2D eigenvalue weighted by Gasteiger charge is -2.23. The van der Waals surface area contributed by atoms with Gasteiger partial charge in [0.05, 0.1) is 17.9 Å². The fraction of sp³-hybridized carbons (Fsp3) is 0.500. The van der Waals surface area contributed by atoms with Crippen molar-refractivity contribution in [2.45, 2.75) is 19.3 Å². The van der Waals surface area contributed by atoms with Gasteiger partial charge in [-0.3, -0.25) is 4.79 Å². The molecule has 0 spiro atoms. The molecule has 4 nitrogen and oxygen atoms in total. The third-order valence-corrected chi connectivity index (χ3v) is 3.90. The van der Waals surface area contributed by atoms with Crippen LogP contribution >= 0.6 is 0 Å². The number of fused-ring (bicyclic) bond motifs is 1. The molecule has 18 heavy (non-hydrogen) atoms. The molecule has 1 fully saturated rings. The van der Waals surface area contributed by atoms with Crippen molar-refractivity contribution >= 4 is 17.3 Å². The zero-order chi connectivity index (χ0) is 12.5. The molecule has 0 saturated carbocycles. The summed E-state index contributed by atoms with van der Waals surface area (Å²) in [5, 5.41) is 0. The molecule has 96 valence electrons. The molecule has 3 rings (SSSR count). The minimum Gasteiger partial charge on any atom is -0.397 e. The molecule has 0 radical (unpaired) electrons. The molecule has 1 aromatic rings. The lowest BCUT2D eigenvalue weighted by Crippen LogP contribution is -2.38. The Kier molecular flexibility index (Phi) is 2.86. The molecule has 0 bridgehead atoms. The van der Waals surface area contributed by atoms with Gasteiger partial charge in [0.1, 0.15) is 0 Å². The van der Waals surface area contributed by atoms with Gasteiger partial charge in [0.25, 0.3) is 0 Å². The fourth-order valence-corrected chi connectivity index (χ4v) is 2.95. The number of hydrogen-bond donors (Lipinski definition) is 1. The van der Waals surface area contributed by atoms with Crippen molar-refractivity contribution in [2.75, 3.05) is 36.8 Å². The summed E-state index contributed by atoms with van der Waals surface area (Å²) < 4.78 is 0. The SMILES string of the molecule is Nc1cccc2c1N(CC(=O)N1CCCC1)CC2. The second kappa shape index (κ2) is 4.52. The Balaban J connectivity index is 1.74. The van der Waals surface area contributed by atoms with E-state index in [-0.39, 0.29) is 5.91 Å². The molecule has 4 heteroatoms. The topological polar surface area (TPSA) is 49.6 Å².